The molecule has 0 atom stereocenters. The van der Waals surface area contributed by atoms with Crippen LogP contribution in [0, 0.1) is 0 Å². The number of aliphatic hydroxyl groups is 1. The van der Waals surface area contributed by atoms with Gasteiger partial charge in [-0.05, 0) is 60.3 Å². The highest BCUT2D eigenvalue weighted by Crippen LogP contribution is 2.17. The van der Waals surface area contributed by atoms with E-state index in [1.165, 1.54) is 0 Å². The van der Waals surface area contributed by atoms with Crippen LogP contribution in [0.4, 0.5) is 4.79 Å². The molecule has 0 spiro atoms. The van der Waals surface area contributed by atoms with Crippen LogP contribution in [0.25, 0.3) is 0 Å². The third-order valence-corrected chi connectivity index (χ3v) is 4.35. The molecule has 0 aliphatic heterocycles. The summed E-state index contributed by atoms with van der Waals surface area (Å²) in [6, 6.07) is 0. The lowest BCUT2D eigenvalue weighted by Crippen LogP contribution is -2.34. The first kappa shape index (κ1) is 31.1. The standard InChI is InChI=1S/C23H45N3O7/c1-22(2,3)33-21(30)26-13-8-17-32-23(4,5)11-10-20(29)25-14-18-31-16-7-12-24-19(28)9-6-15-27/h27H,6-18H2,1-5H3,(H,24,28)(H,25,29)(H,26,30). The highest BCUT2D eigenvalue weighted by Gasteiger charge is 2.20. The zero-order valence-electron chi connectivity index (χ0n) is 21.1. The first-order valence-electron chi connectivity index (χ1n) is 11.8. The monoisotopic (exact) mass is 475 g/mol. The van der Waals surface area contributed by atoms with Crippen LogP contribution < -0.4 is 16.0 Å². The third-order valence-electron chi connectivity index (χ3n) is 4.35. The van der Waals surface area contributed by atoms with Crippen LogP contribution in [-0.2, 0) is 23.8 Å². The van der Waals surface area contributed by atoms with Crippen LogP contribution in [0.5, 0.6) is 0 Å². The molecule has 10 heteroatoms. The average molecular weight is 476 g/mol. The lowest BCUT2D eigenvalue weighted by atomic mass is 10.0. The van der Waals surface area contributed by atoms with Crippen LogP contribution in [-0.4, -0.2) is 80.3 Å². The SMILES string of the molecule is CC(C)(C)OC(=O)NCCCOC(C)(C)CCC(=O)NCCOCCCNC(=O)CCCO. The fraction of sp³-hybridized carbons (Fsp3) is 0.870. The number of carbonyl (C=O) groups excluding carboxylic acids is 3. The van der Waals surface area contributed by atoms with Crippen molar-refractivity contribution >= 4 is 17.9 Å². The van der Waals surface area contributed by atoms with E-state index >= 15 is 0 Å². The Balaban J connectivity index is 3.67. The van der Waals surface area contributed by atoms with Crippen molar-refractivity contribution in [2.45, 2.75) is 84.3 Å². The molecule has 0 rings (SSSR count). The van der Waals surface area contributed by atoms with Gasteiger partial charge in [-0.1, -0.05) is 0 Å². The summed E-state index contributed by atoms with van der Waals surface area (Å²) in [7, 11) is 0. The van der Waals surface area contributed by atoms with Gasteiger partial charge in [0.2, 0.25) is 11.8 Å². The van der Waals surface area contributed by atoms with E-state index in [2.05, 4.69) is 16.0 Å². The summed E-state index contributed by atoms with van der Waals surface area (Å²) in [6.07, 6.45) is 2.63. The van der Waals surface area contributed by atoms with Crippen molar-refractivity contribution in [2.75, 3.05) is 46.1 Å². The number of rotatable bonds is 18. The fourth-order valence-corrected chi connectivity index (χ4v) is 2.60. The third kappa shape index (κ3) is 21.7. The molecule has 0 unspecified atom stereocenters. The molecule has 0 saturated carbocycles. The largest absolute Gasteiger partial charge is 0.444 e. The van der Waals surface area contributed by atoms with Crippen molar-refractivity contribution in [3.8, 4) is 0 Å². The van der Waals surface area contributed by atoms with Crippen LogP contribution >= 0.6 is 0 Å². The lowest BCUT2D eigenvalue weighted by Gasteiger charge is -2.25. The van der Waals surface area contributed by atoms with E-state index < -0.39 is 17.3 Å². The van der Waals surface area contributed by atoms with E-state index in [1.54, 1.807) is 0 Å². The quantitative estimate of drug-likeness (QED) is 0.222. The Morgan fingerprint density at radius 3 is 2.03 bits per heavy atom. The van der Waals surface area contributed by atoms with Gasteiger partial charge in [0.25, 0.3) is 0 Å². The molecule has 3 amide bonds. The van der Waals surface area contributed by atoms with E-state index in [0.717, 1.165) is 0 Å². The molecule has 0 saturated heterocycles. The topological polar surface area (TPSA) is 135 Å². The second-order valence-electron chi connectivity index (χ2n) is 9.38. The van der Waals surface area contributed by atoms with Gasteiger partial charge in [-0.3, -0.25) is 9.59 Å². The Morgan fingerprint density at radius 1 is 0.758 bits per heavy atom. The van der Waals surface area contributed by atoms with E-state index in [1.807, 2.05) is 34.6 Å². The first-order chi connectivity index (χ1) is 15.4. The molecule has 0 aromatic rings. The molecule has 0 aliphatic rings. The predicted octanol–water partition coefficient (Wildman–Crippen LogP) is 1.89. The van der Waals surface area contributed by atoms with Crippen LogP contribution in [0.3, 0.4) is 0 Å². The Kier molecular flexibility index (Phi) is 16.5. The summed E-state index contributed by atoms with van der Waals surface area (Å²) in [5.41, 5.74) is -0.961. The maximum absolute atomic E-state index is 12.0. The molecule has 33 heavy (non-hydrogen) atoms. The number of hydrogen-bond acceptors (Lipinski definition) is 7. The number of hydrogen-bond donors (Lipinski definition) is 4. The second kappa shape index (κ2) is 17.6. The molecule has 4 N–H and O–H groups in total. The van der Waals surface area contributed by atoms with Gasteiger partial charge in [0.1, 0.15) is 5.60 Å². The van der Waals surface area contributed by atoms with E-state index in [4.69, 9.17) is 19.3 Å². The molecular weight excluding hydrogens is 430 g/mol. The summed E-state index contributed by atoms with van der Waals surface area (Å²) in [5, 5.41) is 16.9. The van der Waals surface area contributed by atoms with Gasteiger partial charge in [-0.2, -0.15) is 0 Å². The van der Waals surface area contributed by atoms with Crippen molar-refractivity contribution in [3.63, 3.8) is 0 Å². The van der Waals surface area contributed by atoms with Gasteiger partial charge in [-0.15, -0.1) is 0 Å². The van der Waals surface area contributed by atoms with Gasteiger partial charge in [0.15, 0.2) is 0 Å². The highest BCUT2D eigenvalue weighted by atomic mass is 16.6. The zero-order chi connectivity index (χ0) is 25.2. The number of alkyl carbamates (subject to hydrolysis) is 1. The number of amides is 3. The minimum absolute atomic E-state index is 0.0157. The van der Waals surface area contributed by atoms with Gasteiger partial charge < -0.3 is 35.3 Å². The first-order valence-corrected chi connectivity index (χ1v) is 11.8. The van der Waals surface area contributed by atoms with Crippen molar-refractivity contribution in [1.82, 2.24) is 16.0 Å². The molecule has 0 bridgehead atoms. The Hall–Kier alpha value is -1.91. The van der Waals surface area contributed by atoms with Crippen LogP contribution in [0.2, 0.25) is 0 Å². The van der Waals surface area contributed by atoms with Gasteiger partial charge in [0, 0.05) is 52.3 Å². The molecule has 0 heterocycles. The minimum Gasteiger partial charge on any atom is -0.444 e. The maximum Gasteiger partial charge on any atom is 0.407 e. The number of ether oxygens (including phenoxy) is 3. The summed E-state index contributed by atoms with van der Waals surface area (Å²) < 4.78 is 16.5. The lowest BCUT2D eigenvalue weighted by molar-refractivity contribution is -0.123. The molecule has 0 radical (unpaired) electrons. The molecule has 0 aromatic carbocycles. The smallest absolute Gasteiger partial charge is 0.407 e. The number of nitrogens with one attached hydrogen (secondary N) is 3. The van der Waals surface area contributed by atoms with E-state index in [-0.39, 0.29) is 18.4 Å². The molecule has 194 valence electrons. The number of carbonyl (C=O) groups is 3. The van der Waals surface area contributed by atoms with E-state index in [0.29, 0.717) is 78.0 Å². The van der Waals surface area contributed by atoms with Crippen molar-refractivity contribution in [1.29, 1.82) is 0 Å². The minimum atomic E-state index is -0.518. The summed E-state index contributed by atoms with van der Waals surface area (Å²) in [4.78, 5) is 34.9. The molecule has 10 nitrogen and oxygen atoms in total. The molecule has 0 fully saturated rings. The molecule has 0 aromatic heterocycles. The second-order valence-corrected chi connectivity index (χ2v) is 9.38. The Labute approximate surface area is 198 Å². The van der Waals surface area contributed by atoms with E-state index in [9.17, 15) is 14.4 Å². The Morgan fingerprint density at radius 2 is 1.36 bits per heavy atom. The number of aliphatic hydroxyl groups excluding tert-OH is 1. The van der Waals surface area contributed by atoms with Crippen molar-refractivity contribution < 1.29 is 33.7 Å². The summed E-state index contributed by atoms with van der Waals surface area (Å²) in [6.45, 7) is 12.1. The van der Waals surface area contributed by atoms with Crippen molar-refractivity contribution in [3.05, 3.63) is 0 Å². The van der Waals surface area contributed by atoms with Gasteiger partial charge >= 0.3 is 6.09 Å². The summed E-state index contributed by atoms with van der Waals surface area (Å²) >= 11 is 0. The predicted molar refractivity (Wildman–Crippen MR) is 126 cm³/mol. The van der Waals surface area contributed by atoms with Crippen molar-refractivity contribution in [2.24, 2.45) is 0 Å². The normalized spacial score (nSPS) is 11.7. The summed E-state index contributed by atoms with van der Waals surface area (Å²) in [5.74, 6) is -0.126. The average Bonchev–Trinajstić information content (AvgIpc) is 2.71. The fourth-order valence-electron chi connectivity index (χ4n) is 2.60. The maximum atomic E-state index is 12.0. The Bertz CT molecular complexity index is 563. The van der Waals surface area contributed by atoms with Gasteiger partial charge in [-0.25, -0.2) is 4.79 Å². The van der Waals surface area contributed by atoms with Crippen LogP contribution in [0.15, 0.2) is 0 Å². The highest BCUT2D eigenvalue weighted by molar-refractivity contribution is 5.76. The van der Waals surface area contributed by atoms with Crippen LogP contribution in [0.1, 0.15) is 73.1 Å². The molecular formula is C23H45N3O7. The molecule has 0 aliphatic carbocycles. The van der Waals surface area contributed by atoms with Gasteiger partial charge in [0.05, 0.1) is 12.2 Å². The zero-order valence-corrected chi connectivity index (χ0v) is 21.1.